The van der Waals surface area contributed by atoms with Crippen LogP contribution in [0, 0.1) is 5.92 Å². The van der Waals surface area contributed by atoms with Gasteiger partial charge in [0.15, 0.2) is 0 Å². The number of hydrogen-bond acceptors (Lipinski definition) is 4. The van der Waals surface area contributed by atoms with Crippen molar-refractivity contribution in [3.8, 4) is 0 Å². The minimum atomic E-state index is -0.421. The Labute approximate surface area is 124 Å². The zero-order valence-corrected chi connectivity index (χ0v) is 12.2. The predicted octanol–water partition coefficient (Wildman–Crippen LogP) is 2.50. The normalized spacial score (nSPS) is 15.9. The Kier molecular flexibility index (Phi) is 5.49. The van der Waals surface area contributed by atoms with Gasteiger partial charge in [-0.1, -0.05) is 37.5 Å². The summed E-state index contributed by atoms with van der Waals surface area (Å²) < 4.78 is 4.71. The van der Waals surface area contributed by atoms with Crippen LogP contribution in [0.1, 0.15) is 48.0 Å². The van der Waals surface area contributed by atoms with Gasteiger partial charge in [-0.05, 0) is 18.9 Å². The molecule has 0 bridgehead atoms. The lowest BCUT2D eigenvalue weighted by Crippen LogP contribution is -2.28. The van der Waals surface area contributed by atoms with Crippen molar-refractivity contribution in [2.75, 3.05) is 7.11 Å². The molecule has 0 unspecified atom stereocenters. The minimum Gasteiger partial charge on any atom is -0.465 e. The van der Waals surface area contributed by atoms with E-state index in [1.54, 1.807) is 24.3 Å². The molecule has 0 aliphatic heterocycles. The summed E-state index contributed by atoms with van der Waals surface area (Å²) in [6, 6.07) is 6.97. The molecular formula is C16H20N2O3. The van der Waals surface area contributed by atoms with Crippen LogP contribution in [0.3, 0.4) is 0 Å². The fourth-order valence-electron chi connectivity index (χ4n) is 2.53. The Morgan fingerprint density at radius 3 is 2.67 bits per heavy atom. The van der Waals surface area contributed by atoms with Gasteiger partial charge in [-0.2, -0.15) is 5.10 Å². The Morgan fingerprint density at radius 1 is 1.24 bits per heavy atom. The van der Waals surface area contributed by atoms with Crippen LogP contribution >= 0.6 is 0 Å². The summed E-state index contributed by atoms with van der Waals surface area (Å²) in [5.74, 6) is -0.399. The molecule has 1 fully saturated rings. The van der Waals surface area contributed by atoms with Crippen molar-refractivity contribution >= 4 is 18.1 Å². The van der Waals surface area contributed by atoms with E-state index in [0.29, 0.717) is 11.1 Å². The van der Waals surface area contributed by atoms with Crippen molar-refractivity contribution in [3.63, 3.8) is 0 Å². The average Bonchev–Trinajstić information content (AvgIpc) is 2.55. The lowest BCUT2D eigenvalue weighted by atomic mass is 9.89. The number of hydrogen-bond donors (Lipinski definition) is 1. The van der Waals surface area contributed by atoms with Crippen LogP contribution < -0.4 is 5.43 Å². The summed E-state index contributed by atoms with van der Waals surface area (Å²) in [5, 5.41) is 3.96. The molecule has 0 spiro atoms. The second kappa shape index (κ2) is 7.57. The van der Waals surface area contributed by atoms with Gasteiger partial charge in [0.05, 0.1) is 18.9 Å². The SMILES string of the molecule is COC(=O)c1ccccc1/C=N\NC(=O)C1CCCCC1. The Bertz CT molecular complexity index is 534. The summed E-state index contributed by atoms with van der Waals surface area (Å²) in [6.45, 7) is 0. The topological polar surface area (TPSA) is 67.8 Å². The van der Waals surface area contributed by atoms with E-state index in [1.807, 2.05) is 0 Å². The number of esters is 1. The number of nitrogens with one attached hydrogen (secondary N) is 1. The third-order valence-corrected chi connectivity index (χ3v) is 3.72. The Balaban J connectivity index is 1.98. The Hall–Kier alpha value is -2.17. The maximum atomic E-state index is 11.9. The first-order chi connectivity index (χ1) is 10.2. The maximum Gasteiger partial charge on any atom is 0.338 e. The van der Waals surface area contributed by atoms with Crippen LogP contribution in [0.2, 0.25) is 0 Å². The summed E-state index contributed by atoms with van der Waals surface area (Å²) in [4.78, 5) is 23.6. The van der Waals surface area contributed by atoms with Crippen molar-refractivity contribution in [2.45, 2.75) is 32.1 Å². The smallest absolute Gasteiger partial charge is 0.338 e. The number of amides is 1. The second-order valence-corrected chi connectivity index (χ2v) is 5.15. The lowest BCUT2D eigenvalue weighted by Gasteiger charge is -2.19. The first kappa shape index (κ1) is 15.2. The van der Waals surface area contributed by atoms with Crippen LogP contribution in [0.25, 0.3) is 0 Å². The summed E-state index contributed by atoms with van der Waals surface area (Å²) in [7, 11) is 1.33. The van der Waals surface area contributed by atoms with Crippen LogP contribution in [-0.4, -0.2) is 25.2 Å². The molecule has 1 N–H and O–H groups in total. The van der Waals surface area contributed by atoms with Crippen LogP contribution in [0.4, 0.5) is 0 Å². The van der Waals surface area contributed by atoms with Gasteiger partial charge in [-0.15, -0.1) is 0 Å². The molecule has 0 saturated heterocycles. The quantitative estimate of drug-likeness (QED) is 0.526. The van der Waals surface area contributed by atoms with E-state index in [9.17, 15) is 9.59 Å². The molecule has 0 aromatic heterocycles. The number of hydrazone groups is 1. The van der Waals surface area contributed by atoms with Gasteiger partial charge in [0.2, 0.25) is 5.91 Å². The predicted molar refractivity (Wildman–Crippen MR) is 80.1 cm³/mol. The van der Waals surface area contributed by atoms with Crippen molar-refractivity contribution < 1.29 is 14.3 Å². The zero-order valence-electron chi connectivity index (χ0n) is 12.2. The van der Waals surface area contributed by atoms with E-state index in [4.69, 9.17) is 4.74 Å². The molecule has 1 aliphatic carbocycles. The average molecular weight is 288 g/mol. The molecule has 1 aromatic rings. The molecule has 112 valence electrons. The fraction of sp³-hybridized carbons (Fsp3) is 0.438. The zero-order chi connectivity index (χ0) is 15.1. The number of nitrogens with zero attached hydrogens (tertiary/aromatic N) is 1. The summed E-state index contributed by atoms with van der Waals surface area (Å²) >= 11 is 0. The minimum absolute atomic E-state index is 0.0403. The highest BCUT2D eigenvalue weighted by Gasteiger charge is 2.20. The summed E-state index contributed by atoms with van der Waals surface area (Å²) in [6.07, 6.45) is 6.76. The number of benzene rings is 1. The third-order valence-electron chi connectivity index (χ3n) is 3.72. The molecular weight excluding hydrogens is 268 g/mol. The molecule has 0 atom stereocenters. The van der Waals surface area contributed by atoms with Crippen molar-refractivity contribution in [1.29, 1.82) is 0 Å². The highest BCUT2D eigenvalue weighted by molar-refractivity contribution is 5.99. The molecule has 5 nitrogen and oxygen atoms in total. The maximum absolute atomic E-state index is 11.9. The first-order valence-electron chi connectivity index (χ1n) is 7.22. The molecule has 0 radical (unpaired) electrons. The van der Waals surface area contributed by atoms with Gasteiger partial charge < -0.3 is 4.74 Å². The monoisotopic (exact) mass is 288 g/mol. The second-order valence-electron chi connectivity index (χ2n) is 5.15. The van der Waals surface area contributed by atoms with Crippen molar-refractivity contribution in [1.82, 2.24) is 5.43 Å². The van der Waals surface area contributed by atoms with Gasteiger partial charge in [0.1, 0.15) is 0 Å². The van der Waals surface area contributed by atoms with E-state index in [0.717, 1.165) is 25.7 Å². The van der Waals surface area contributed by atoms with Crippen molar-refractivity contribution in [3.05, 3.63) is 35.4 Å². The third kappa shape index (κ3) is 4.15. The van der Waals surface area contributed by atoms with Gasteiger partial charge in [0, 0.05) is 11.5 Å². The van der Waals surface area contributed by atoms with E-state index < -0.39 is 5.97 Å². The number of ether oxygens (including phenoxy) is 1. The molecule has 1 saturated carbocycles. The Morgan fingerprint density at radius 2 is 1.95 bits per heavy atom. The molecule has 1 amide bonds. The van der Waals surface area contributed by atoms with Gasteiger partial charge in [-0.3, -0.25) is 4.79 Å². The molecule has 5 heteroatoms. The fourth-order valence-corrected chi connectivity index (χ4v) is 2.53. The van der Waals surface area contributed by atoms with E-state index in [1.165, 1.54) is 19.7 Å². The largest absolute Gasteiger partial charge is 0.465 e. The van der Waals surface area contributed by atoms with Gasteiger partial charge in [0.25, 0.3) is 0 Å². The van der Waals surface area contributed by atoms with Crippen molar-refractivity contribution in [2.24, 2.45) is 11.0 Å². The van der Waals surface area contributed by atoms with E-state index >= 15 is 0 Å². The number of carbonyl (C=O) groups excluding carboxylic acids is 2. The molecule has 2 rings (SSSR count). The van der Waals surface area contributed by atoms with Gasteiger partial charge >= 0.3 is 5.97 Å². The molecule has 1 aromatic carbocycles. The number of carbonyl (C=O) groups is 2. The van der Waals surface area contributed by atoms with Gasteiger partial charge in [-0.25, -0.2) is 10.2 Å². The lowest BCUT2D eigenvalue weighted by molar-refractivity contribution is -0.125. The van der Waals surface area contributed by atoms with E-state index in [2.05, 4.69) is 10.5 Å². The highest BCUT2D eigenvalue weighted by atomic mass is 16.5. The highest BCUT2D eigenvalue weighted by Crippen LogP contribution is 2.23. The number of methoxy groups -OCH3 is 1. The molecule has 21 heavy (non-hydrogen) atoms. The first-order valence-corrected chi connectivity index (χ1v) is 7.22. The van der Waals surface area contributed by atoms with Crippen LogP contribution in [-0.2, 0) is 9.53 Å². The van der Waals surface area contributed by atoms with Crippen LogP contribution in [0.5, 0.6) is 0 Å². The van der Waals surface area contributed by atoms with E-state index in [-0.39, 0.29) is 11.8 Å². The number of rotatable bonds is 4. The molecule has 0 heterocycles. The van der Waals surface area contributed by atoms with Crippen LogP contribution in [0.15, 0.2) is 29.4 Å². The summed E-state index contributed by atoms with van der Waals surface area (Å²) in [5.41, 5.74) is 3.61. The standard InChI is InChI=1S/C16H20N2O3/c1-21-16(20)14-10-6-5-9-13(14)11-17-18-15(19)12-7-3-2-4-8-12/h5-6,9-12H,2-4,7-8H2,1H3,(H,18,19)/b17-11-. The molecule has 1 aliphatic rings.